The second-order valence-corrected chi connectivity index (χ2v) is 93.0. The number of para-hydroxylation sites is 1. The van der Waals surface area contributed by atoms with Crippen LogP contribution < -0.4 is 4.90 Å². The maximum atomic E-state index is 4.82. The number of fused-ring (bicyclic) bond motifs is 4. The van der Waals surface area contributed by atoms with Gasteiger partial charge in [-0.15, -0.1) is 99.9 Å². The van der Waals surface area contributed by atoms with E-state index in [2.05, 4.69) is 429 Å². The molecular formula is C109H205NO4S3Sc4Si9-16. The molecule has 3 aromatic carbocycles. The molecule has 4 aliphatic carbocycles. The van der Waals surface area contributed by atoms with Crippen molar-refractivity contribution in [3.8, 4) is 0 Å². The van der Waals surface area contributed by atoms with Crippen molar-refractivity contribution in [2.75, 3.05) is 31.3 Å². The number of anilines is 1. The molecule has 4 saturated carbocycles. The number of benzene rings is 3. The van der Waals surface area contributed by atoms with Crippen LogP contribution in [0.1, 0.15) is 164 Å². The summed E-state index contributed by atoms with van der Waals surface area (Å²) in [6.07, 6.45) is 21.1. The third-order valence-electron chi connectivity index (χ3n) is 19.7. The number of hydrogen-bond donors (Lipinski definition) is 0. The largest absolute Gasteiger partial charge is 0.552 e. The number of hydrogen-bond acceptors (Lipinski definition) is 8. The minimum atomic E-state index is -0.861. The number of ether oxygens (including phenoxy) is 4. The van der Waals surface area contributed by atoms with Crippen LogP contribution in [0.15, 0.2) is 124 Å². The van der Waals surface area contributed by atoms with Crippen molar-refractivity contribution in [2.24, 2.45) is 59.2 Å². The van der Waals surface area contributed by atoms with Crippen LogP contribution in [0.4, 0.5) is 5.69 Å². The smallest absolute Gasteiger partial charge is 0.0408 e. The third kappa shape index (κ3) is 80.1. The SMILES string of the molecule is CC1=C(C)C2C(C)C(C)C(C)C2S1.CC1=C(c2ccccc2)C2CC(C)CC2S1.CC1CC2C=CN(c3ccccc3)C2C1.C[SiH2]C1C(C)CC2C(c3ccccc3)=C(C)SC21.[CH-]1CCCO1.[CH-]1CCCO1.[CH-]1CCCO1.[CH-]1CCCO1.[CH2-][Si](C)(C)C.[CH2-][Si](C)(C)C.[CH2-][Si](C)(C)C.[CH2-][Si](C)(C)C.[CH2-][Si](C)(C)C.[CH2-][Si](C)(C)C.[CH2-][Si](C)(C)C.[CH2-][Si](C)(C)C.[CH3-].[CH3-].[CH3-].[CH3-].[Sc].[Sc].[Sc].[Sc]. The van der Waals surface area contributed by atoms with Crippen molar-refractivity contribution in [1.82, 2.24) is 0 Å². The number of nitrogens with zero attached hydrogens (tertiary/aromatic N) is 1. The van der Waals surface area contributed by atoms with Gasteiger partial charge in [0.25, 0.3) is 0 Å². The Labute approximate surface area is 915 Å². The van der Waals surface area contributed by atoms with Crippen molar-refractivity contribution in [3.05, 3.63) is 243 Å². The molecule has 4 saturated heterocycles. The molecule has 15 rings (SSSR count). The third-order valence-corrected chi connectivity index (χ3v) is 26.9. The van der Waals surface area contributed by atoms with Crippen LogP contribution in [0, 0.1) is 168 Å². The Morgan fingerprint density at radius 3 is 0.977 bits per heavy atom. The fourth-order valence-corrected chi connectivity index (χ4v) is 22.8. The minimum Gasteiger partial charge on any atom is -0.552 e. The summed E-state index contributed by atoms with van der Waals surface area (Å²) in [5, 5.41) is 2.67. The predicted molar refractivity (Wildman–Crippen MR) is 616 cm³/mol. The van der Waals surface area contributed by atoms with E-state index >= 15 is 0 Å². The summed E-state index contributed by atoms with van der Waals surface area (Å²) in [7, 11) is -6.77. The van der Waals surface area contributed by atoms with Gasteiger partial charge in [0.1, 0.15) is 0 Å². The summed E-state index contributed by atoms with van der Waals surface area (Å²) in [5.74, 6) is 8.79. The fourth-order valence-electron chi connectivity index (χ4n) is 15.0. The van der Waals surface area contributed by atoms with Gasteiger partial charge < -0.3 is 106 Å². The summed E-state index contributed by atoms with van der Waals surface area (Å²) in [5.41, 5.74) is 10.3. The van der Waals surface area contributed by atoms with Gasteiger partial charge in [-0.1, -0.05) is 321 Å². The summed E-state index contributed by atoms with van der Waals surface area (Å²) in [6, 6.07) is 33.5. The normalized spacial score (nSPS) is 25.3. The maximum Gasteiger partial charge on any atom is 0.0408 e. The van der Waals surface area contributed by atoms with E-state index < -0.39 is 64.6 Å². The Kier molecular flexibility index (Phi) is 88.4. The van der Waals surface area contributed by atoms with E-state index in [9.17, 15) is 0 Å². The van der Waals surface area contributed by atoms with E-state index in [1.807, 2.05) is 26.4 Å². The van der Waals surface area contributed by atoms with Crippen molar-refractivity contribution >= 4 is 126 Å². The predicted octanol–water partition coefficient (Wildman–Crippen LogP) is 35.4. The summed E-state index contributed by atoms with van der Waals surface area (Å²) < 4.78 is 19.3. The second kappa shape index (κ2) is 76.3. The zero-order chi connectivity index (χ0) is 94.0. The first-order valence-electron chi connectivity index (χ1n) is 47.1. The Balaban J connectivity index is -0.000000176. The summed E-state index contributed by atoms with van der Waals surface area (Å²) >= 11 is 6.45. The molecule has 130 heavy (non-hydrogen) atoms. The van der Waals surface area contributed by atoms with Gasteiger partial charge in [-0.3, -0.25) is 0 Å². The molecule has 0 amide bonds. The Morgan fingerprint density at radius 2 is 0.677 bits per heavy atom. The first kappa shape index (κ1) is 150. The Morgan fingerprint density at radius 1 is 0.369 bits per heavy atom. The van der Waals surface area contributed by atoms with Crippen molar-refractivity contribution in [3.63, 3.8) is 0 Å². The zero-order valence-corrected chi connectivity index (χ0v) is 111. The maximum absolute atomic E-state index is 4.82. The van der Waals surface area contributed by atoms with Crippen molar-refractivity contribution in [1.29, 1.82) is 0 Å². The van der Waals surface area contributed by atoms with E-state index in [0.29, 0.717) is 0 Å². The van der Waals surface area contributed by atoms with Gasteiger partial charge >= 0.3 is 0 Å². The van der Waals surface area contributed by atoms with E-state index in [-0.39, 0.29) is 143 Å². The van der Waals surface area contributed by atoms with Crippen LogP contribution in [-0.4, -0.2) is 122 Å². The minimum absolute atomic E-state index is 0. The molecule has 0 spiro atoms. The number of rotatable bonds is 4. The molecule has 0 aromatic heterocycles. The molecule has 8 fully saturated rings. The van der Waals surface area contributed by atoms with E-state index in [1.165, 1.54) is 74.6 Å². The zero-order valence-electron chi connectivity index (χ0n) is 92.3. The monoisotopic (exact) mass is 2120 g/mol. The van der Waals surface area contributed by atoms with Gasteiger partial charge in [0.05, 0.1) is 0 Å². The first-order chi connectivity index (χ1) is 55.9. The first-order valence-corrected chi connectivity index (χ1v) is 81.7. The summed E-state index contributed by atoms with van der Waals surface area (Å²) in [6.45, 7) is 122. The fraction of sp³-hybridized carbons (Fsp3) is 0.615. The van der Waals surface area contributed by atoms with Gasteiger partial charge in [0.2, 0.25) is 0 Å². The molecule has 0 bridgehead atoms. The quantitative estimate of drug-likeness (QED) is 0.189. The van der Waals surface area contributed by atoms with Crippen LogP contribution in [0.25, 0.3) is 11.1 Å². The van der Waals surface area contributed by atoms with Gasteiger partial charge in [0.15, 0.2) is 0 Å². The number of thioether (sulfide) groups is 3. The topological polar surface area (TPSA) is 40.2 Å². The van der Waals surface area contributed by atoms with E-state index in [1.54, 1.807) is 31.4 Å². The van der Waals surface area contributed by atoms with Gasteiger partial charge in [-0.25, -0.2) is 26.4 Å². The second-order valence-electron chi connectivity index (χ2n) is 46.0. The molecule has 12 aliphatic rings. The molecule has 15 unspecified atom stereocenters. The molecular weight excluding hydrogens is 1920 g/mol. The molecule has 8 heterocycles. The van der Waals surface area contributed by atoms with Crippen LogP contribution in [0.5, 0.6) is 0 Å². The molecule has 0 N–H and O–H groups in total. The van der Waals surface area contributed by atoms with Gasteiger partial charge in [-0.05, 0) is 174 Å². The molecule has 5 nitrogen and oxygen atoms in total. The van der Waals surface area contributed by atoms with Crippen LogP contribution in [0.3, 0.4) is 0 Å². The molecule has 752 valence electrons. The number of allylic oxidation sites excluding steroid dienone is 6. The molecule has 4 radical (unpaired) electrons. The Hall–Kier alpha value is 2.74. The molecule has 15 atom stereocenters. The van der Waals surface area contributed by atoms with E-state index in [4.69, 9.17) is 18.9 Å². The summed E-state index contributed by atoms with van der Waals surface area (Å²) in [4.78, 5) is 7.21. The molecule has 8 aliphatic heterocycles. The van der Waals surface area contributed by atoms with Crippen molar-refractivity contribution < 1.29 is 122 Å². The van der Waals surface area contributed by atoms with Crippen LogP contribution >= 0.6 is 35.3 Å². The van der Waals surface area contributed by atoms with Crippen LogP contribution in [-0.2, 0) is 122 Å². The molecule has 21 heteroatoms. The van der Waals surface area contributed by atoms with Gasteiger partial charge in [0, 0.05) is 173 Å². The molecule has 3 aromatic rings. The average molecular weight is 2120 g/mol. The van der Waals surface area contributed by atoms with E-state index in [0.717, 1.165) is 139 Å². The van der Waals surface area contributed by atoms with Gasteiger partial charge in [-0.2, -0.15) is 25.7 Å². The Bertz CT molecular complexity index is 3070. The van der Waals surface area contributed by atoms with Crippen LogP contribution in [0.2, 0.25) is 169 Å². The van der Waals surface area contributed by atoms with Crippen molar-refractivity contribution in [2.45, 2.75) is 344 Å². The standard InChI is InChI=1S/C16H22SSi.C15H18S.C14H17N.C12H20S.4C4H7O.8C4H11Si.4CH3.4Sc/c1-10-9-13-14(12-7-5-4-6-8-12)11(2)17-15(13)16(10)18-3;1-10-8-13-14(9-10)16-11(2)15(13)12-6-4-3-5-7-12;1-11-9-12-7-8-15(14(12)10-11)13-5-3-2-4-6-13;1-6-7(2)11-9(4)10(5)13-12(11)8(6)3;4*1-2-4-5-3-1;8*1-5(2,3)4;;;;;;;;/h4-8,10,13,15-16H,9,18H2,1-3H3;3-7,10,13-14H,8-9H2,1-2H3;2-8,11-12,14H,9-10H2,1H3;6-8,11-12H,1-5H3;4*3H,1-2,4H2;8*1H2,2-4H3;4*1H3;;;;/q;;;;16*-1;;;;. The average Bonchev–Trinajstić information content (AvgIpc) is 1.62.